The predicted molar refractivity (Wildman–Crippen MR) is 130 cm³/mol. The number of hydrogen-bond donors (Lipinski definition) is 0. The van der Waals surface area contributed by atoms with Gasteiger partial charge in [-0.05, 0) is 55.0 Å². The van der Waals surface area contributed by atoms with Crippen LogP contribution in [-0.4, -0.2) is 75.3 Å². The summed E-state index contributed by atoms with van der Waals surface area (Å²) in [6, 6.07) is 10.8. The number of hydrogen-bond acceptors (Lipinski definition) is 8. The van der Waals surface area contributed by atoms with Gasteiger partial charge < -0.3 is 14.2 Å². The summed E-state index contributed by atoms with van der Waals surface area (Å²) in [6.07, 6.45) is -5.40. The van der Waals surface area contributed by atoms with Crippen LogP contribution in [0.4, 0.5) is 27.8 Å². The number of rotatable bonds is 8. The number of halogens is 5. The van der Waals surface area contributed by atoms with E-state index >= 15 is 0 Å². The average Bonchev–Trinajstić information content (AvgIpc) is 3.51. The van der Waals surface area contributed by atoms with Crippen molar-refractivity contribution >= 4 is 5.82 Å². The molecule has 3 aromatic heterocycles. The van der Waals surface area contributed by atoms with Gasteiger partial charge in [0.2, 0.25) is 5.82 Å². The summed E-state index contributed by atoms with van der Waals surface area (Å²) in [5.41, 5.74) is 2.71. The second kappa shape index (κ2) is 11.0. The smallest absolute Gasteiger partial charge is 0.406 e. The number of aryl methyl sites for hydroxylation is 1. The minimum absolute atomic E-state index is 0.166. The standard InChI is InChI=1S/C25H24F5N7O2/c1-16-12-20(24-32-23(34-39-24)18-2-4-19(5-3-18)38-25(28,29)30)33-37(16)14-17-6-7-31-22(13-17)36-10-8-35(9-11-36)15-21(26)27/h2-7,12-13,21H,8-11,14-15H2,1H3. The summed E-state index contributed by atoms with van der Waals surface area (Å²) >= 11 is 0. The zero-order chi connectivity index (χ0) is 27.6. The van der Waals surface area contributed by atoms with Crippen LogP contribution in [0.2, 0.25) is 0 Å². The van der Waals surface area contributed by atoms with Crippen LogP contribution in [0, 0.1) is 6.92 Å². The predicted octanol–water partition coefficient (Wildman–Crippen LogP) is 4.64. The first-order valence-electron chi connectivity index (χ1n) is 12.1. The summed E-state index contributed by atoms with van der Waals surface area (Å²) in [4.78, 5) is 12.6. The first kappa shape index (κ1) is 26.5. The van der Waals surface area contributed by atoms with Crippen molar-refractivity contribution in [2.75, 3.05) is 37.6 Å². The molecule has 14 heteroatoms. The fourth-order valence-electron chi connectivity index (χ4n) is 4.28. The zero-order valence-corrected chi connectivity index (χ0v) is 20.8. The molecule has 206 valence electrons. The molecular weight excluding hydrogens is 525 g/mol. The van der Waals surface area contributed by atoms with Crippen molar-refractivity contribution in [3.05, 3.63) is 59.9 Å². The third-order valence-electron chi connectivity index (χ3n) is 6.21. The fourth-order valence-corrected chi connectivity index (χ4v) is 4.28. The molecule has 39 heavy (non-hydrogen) atoms. The van der Waals surface area contributed by atoms with E-state index in [1.54, 1.807) is 21.8 Å². The molecule has 0 aliphatic carbocycles. The Morgan fingerprint density at radius 3 is 2.46 bits per heavy atom. The number of nitrogens with zero attached hydrogens (tertiary/aromatic N) is 7. The highest BCUT2D eigenvalue weighted by atomic mass is 19.4. The third kappa shape index (κ3) is 6.69. The topological polar surface area (TPSA) is 85.3 Å². The molecule has 0 saturated carbocycles. The summed E-state index contributed by atoms with van der Waals surface area (Å²) < 4.78 is 73.5. The van der Waals surface area contributed by atoms with Gasteiger partial charge in [-0.3, -0.25) is 9.58 Å². The van der Waals surface area contributed by atoms with E-state index in [0.717, 1.165) is 17.1 Å². The van der Waals surface area contributed by atoms with Gasteiger partial charge in [-0.15, -0.1) is 13.2 Å². The van der Waals surface area contributed by atoms with Gasteiger partial charge in [-0.2, -0.15) is 10.1 Å². The lowest BCUT2D eigenvalue weighted by Crippen LogP contribution is -2.48. The van der Waals surface area contributed by atoms with Crippen molar-refractivity contribution in [3.8, 4) is 28.7 Å². The summed E-state index contributed by atoms with van der Waals surface area (Å²) in [5, 5.41) is 8.50. The van der Waals surface area contributed by atoms with Crippen molar-refractivity contribution in [1.29, 1.82) is 0 Å². The molecule has 0 radical (unpaired) electrons. The van der Waals surface area contributed by atoms with Crippen LogP contribution in [0.5, 0.6) is 5.75 Å². The number of ether oxygens (including phenoxy) is 1. The molecule has 4 heterocycles. The molecule has 0 atom stereocenters. The third-order valence-corrected chi connectivity index (χ3v) is 6.21. The van der Waals surface area contributed by atoms with Gasteiger partial charge in [0.25, 0.3) is 12.3 Å². The van der Waals surface area contributed by atoms with E-state index in [0.29, 0.717) is 44.0 Å². The Labute approximate surface area is 219 Å². The molecule has 0 N–H and O–H groups in total. The van der Waals surface area contributed by atoms with E-state index < -0.39 is 12.8 Å². The maximum Gasteiger partial charge on any atom is 0.573 e. The van der Waals surface area contributed by atoms with Gasteiger partial charge in [0.05, 0.1) is 13.1 Å². The molecule has 9 nitrogen and oxygen atoms in total. The van der Waals surface area contributed by atoms with Crippen molar-refractivity contribution in [2.24, 2.45) is 0 Å². The zero-order valence-electron chi connectivity index (χ0n) is 20.8. The van der Waals surface area contributed by atoms with Gasteiger partial charge >= 0.3 is 6.36 Å². The quantitative estimate of drug-likeness (QED) is 0.294. The number of aromatic nitrogens is 5. The monoisotopic (exact) mass is 549 g/mol. The van der Waals surface area contributed by atoms with E-state index in [-0.39, 0.29) is 24.0 Å². The average molecular weight is 550 g/mol. The van der Waals surface area contributed by atoms with Gasteiger partial charge in [-0.25, -0.2) is 13.8 Å². The molecule has 5 rings (SSSR count). The maximum atomic E-state index is 12.7. The first-order valence-corrected chi connectivity index (χ1v) is 12.1. The van der Waals surface area contributed by atoms with Crippen LogP contribution in [0.1, 0.15) is 11.3 Å². The van der Waals surface area contributed by atoms with Gasteiger partial charge in [0.1, 0.15) is 11.6 Å². The SMILES string of the molecule is Cc1cc(-c2nc(-c3ccc(OC(F)(F)F)cc3)no2)nn1Cc1ccnc(N2CCN(CC(F)F)CC2)c1. The minimum Gasteiger partial charge on any atom is -0.406 e. The van der Waals surface area contributed by atoms with Crippen LogP contribution in [-0.2, 0) is 6.54 Å². The molecular formula is C25H24F5N7O2. The van der Waals surface area contributed by atoms with Crippen molar-refractivity contribution in [1.82, 2.24) is 29.8 Å². The van der Waals surface area contributed by atoms with Crippen LogP contribution < -0.4 is 9.64 Å². The Balaban J connectivity index is 1.25. The van der Waals surface area contributed by atoms with Crippen molar-refractivity contribution in [2.45, 2.75) is 26.3 Å². The molecule has 0 bridgehead atoms. The Morgan fingerprint density at radius 1 is 1.03 bits per heavy atom. The highest BCUT2D eigenvalue weighted by Crippen LogP contribution is 2.27. The molecule has 4 aromatic rings. The van der Waals surface area contributed by atoms with Gasteiger partial charge in [0, 0.05) is 43.6 Å². The largest absolute Gasteiger partial charge is 0.573 e. The van der Waals surface area contributed by atoms with E-state index in [4.69, 9.17) is 4.52 Å². The summed E-state index contributed by atoms with van der Waals surface area (Å²) in [6.45, 7) is 4.46. The first-order chi connectivity index (χ1) is 18.6. The Hall–Kier alpha value is -4.07. The second-order valence-corrected chi connectivity index (χ2v) is 9.02. The fraction of sp³-hybridized carbons (Fsp3) is 0.360. The summed E-state index contributed by atoms with van der Waals surface area (Å²) in [7, 11) is 0. The summed E-state index contributed by atoms with van der Waals surface area (Å²) in [5.74, 6) is 0.794. The van der Waals surface area contributed by atoms with E-state index in [1.807, 2.05) is 19.1 Å². The van der Waals surface area contributed by atoms with Crippen LogP contribution in [0.15, 0.2) is 53.2 Å². The lowest BCUT2D eigenvalue weighted by Gasteiger charge is -2.35. The minimum atomic E-state index is -4.77. The second-order valence-electron chi connectivity index (χ2n) is 9.02. The number of piperazine rings is 1. The van der Waals surface area contributed by atoms with Gasteiger partial charge in [-0.1, -0.05) is 5.16 Å². The number of anilines is 1. The molecule has 1 fully saturated rings. The van der Waals surface area contributed by atoms with E-state index in [9.17, 15) is 22.0 Å². The molecule has 0 spiro atoms. The number of alkyl halides is 5. The van der Waals surface area contributed by atoms with Crippen LogP contribution in [0.3, 0.4) is 0 Å². The van der Waals surface area contributed by atoms with E-state index in [2.05, 4.69) is 29.9 Å². The Morgan fingerprint density at radius 2 is 1.77 bits per heavy atom. The Bertz CT molecular complexity index is 1400. The van der Waals surface area contributed by atoms with E-state index in [1.165, 1.54) is 24.3 Å². The molecule has 1 saturated heterocycles. The molecule has 1 aliphatic rings. The lowest BCUT2D eigenvalue weighted by atomic mass is 10.2. The molecule has 0 unspecified atom stereocenters. The highest BCUT2D eigenvalue weighted by Gasteiger charge is 2.31. The highest BCUT2D eigenvalue weighted by molar-refractivity contribution is 5.59. The van der Waals surface area contributed by atoms with Crippen LogP contribution >= 0.6 is 0 Å². The normalized spacial score (nSPS) is 14.8. The lowest BCUT2D eigenvalue weighted by molar-refractivity contribution is -0.274. The molecule has 1 aromatic carbocycles. The van der Waals surface area contributed by atoms with Crippen molar-refractivity contribution in [3.63, 3.8) is 0 Å². The molecule has 1 aliphatic heterocycles. The maximum absolute atomic E-state index is 12.7. The van der Waals surface area contributed by atoms with Gasteiger partial charge in [0.15, 0.2) is 5.69 Å². The number of pyridine rings is 1. The molecule has 0 amide bonds. The Kier molecular flexibility index (Phi) is 7.46. The van der Waals surface area contributed by atoms with Crippen molar-refractivity contribution < 1.29 is 31.2 Å². The number of benzene rings is 1. The van der Waals surface area contributed by atoms with Crippen LogP contribution in [0.25, 0.3) is 23.0 Å².